The van der Waals surface area contributed by atoms with Crippen molar-refractivity contribution < 1.29 is 0 Å². The molecule has 0 amide bonds. The minimum absolute atomic E-state index is 0.535. The summed E-state index contributed by atoms with van der Waals surface area (Å²) in [5.74, 6) is 0.936. The molecule has 1 aliphatic rings. The number of anilines is 1. The average Bonchev–Trinajstić information content (AvgIpc) is 2.65. The molecule has 5 nitrogen and oxygen atoms in total. The second kappa shape index (κ2) is 10.3. The third-order valence-corrected chi connectivity index (χ3v) is 4.98. The number of para-hydroxylation sites is 1. The summed E-state index contributed by atoms with van der Waals surface area (Å²) in [7, 11) is 4.00. The summed E-state index contributed by atoms with van der Waals surface area (Å²) >= 11 is 0. The standard InChI is InChI=1S/C20H35N5/c1-17(2)25-15-11-18(12-16-25)23-20(21-3)22-13-8-14-24(4)19-9-6-5-7-10-19/h5-7,9-10,17-18H,8,11-16H2,1-4H3,(H2,21,22,23). The van der Waals surface area contributed by atoms with Crippen molar-refractivity contribution in [3.05, 3.63) is 30.3 Å². The highest BCUT2D eigenvalue weighted by Crippen LogP contribution is 2.13. The number of aliphatic imine (C=N–C) groups is 1. The van der Waals surface area contributed by atoms with Crippen molar-refractivity contribution in [1.29, 1.82) is 0 Å². The highest BCUT2D eigenvalue weighted by molar-refractivity contribution is 5.79. The van der Waals surface area contributed by atoms with Crippen molar-refractivity contribution in [1.82, 2.24) is 15.5 Å². The number of rotatable bonds is 7. The lowest BCUT2D eigenvalue weighted by molar-refractivity contribution is 0.167. The third-order valence-electron chi connectivity index (χ3n) is 4.98. The Kier molecular flexibility index (Phi) is 8.06. The molecule has 1 saturated heterocycles. The summed E-state index contributed by atoms with van der Waals surface area (Å²) in [6.45, 7) is 8.87. The number of guanidine groups is 1. The van der Waals surface area contributed by atoms with E-state index in [-0.39, 0.29) is 0 Å². The summed E-state index contributed by atoms with van der Waals surface area (Å²) in [6.07, 6.45) is 3.46. The summed E-state index contributed by atoms with van der Waals surface area (Å²) < 4.78 is 0. The average molecular weight is 346 g/mol. The number of nitrogens with zero attached hydrogens (tertiary/aromatic N) is 3. The van der Waals surface area contributed by atoms with Crippen LogP contribution in [0.5, 0.6) is 0 Å². The summed E-state index contributed by atoms with van der Waals surface area (Å²) in [4.78, 5) is 9.22. The second-order valence-electron chi connectivity index (χ2n) is 7.16. The van der Waals surface area contributed by atoms with Crippen molar-refractivity contribution in [2.45, 2.75) is 45.2 Å². The Balaban J connectivity index is 1.64. The quantitative estimate of drug-likeness (QED) is 0.453. The van der Waals surface area contributed by atoms with E-state index in [4.69, 9.17) is 0 Å². The van der Waals surface area contributed by atoms with Crippen molar-refractivity contribution in [3.8, 4) is 0 Å². The Morgan fingerprint density at radius 3 is 2.52 bits per heavy atom. The molecule has 0 saturated carbocycles. The van der Waals surface area contributed by atoms with E-state index in [1.54, 1.807) is 0 Å². The fourth-order valence-corrected chi connectivity index (χ4v) is 3.28. The van der Waals surface area contributed by atoms with Crippen LogP contribution in [0.15, 0.2) is 35.3 Å². The van der Waals surface area contributed by atoms with E-state index >= 15 is 0 Å². The minimum Gasteiger partial charge on any atom is -0.375 e. The van der Waals surface area contributed by atoms with Gasteiger partial charge in [0.25, 0.3) is 0 Å². The lowest BCUT2D eigenvalue weighted by atomic mass is 10.0. The maximum atomic E-state index is 4.38. The molecule has 0 unspecified atom stereocenters. The van der Waals surface area contributed by atoms with Crippen molar-refractivity contribution in [2.75, 3.05) is 45.2 Å². The number of likely N-dealkylation sites (tertiary alicyclic amines) is 1. The molecule has 140 valence electrons. The first kappa shape index (κ1) is 19.6. The van der Waals surface area contributed by atoms with E-state index in [0.717, 1.165) is 25.5 Å². The number of hydrogen-bond acceptors (Lipinski definition) is 3. The number of piperidine rings is 1. The maximum Gasteiger partial charge on any atom is 0.191 e. The second-order valence-corrected chi connectivity index (χ2v) is 7.16. The number of nitrogens with one attached hydrogen (secondary N) is 2. The van der Waals surface area contributed by atoms with Gasteiger partial charge < -0.3 is 20.4 Å². The Hall–Kier alpha value is -1.75. The first-order valence-corrected chi connectivity index (χ1v) is 9.57. The van der Waals surface area contributed by atoms with Crippen molar-refractivity contribution >= 4 is 11.6 Å². The van der Waals surface area contributed by atoms with Gasteiger partial charge >= 0.3 is 0 Å². The normalized spacial score (nSPS) is 16.9. The molecule has 25 heavy (non-hydrogen) atoms. The van der Waals surface area contributed by atoms with Gasteiger partial charge in [0.2, 0.25) is 0 Å². The van der Waals surface area contributed by atoms with E-state index < -0.39 is 0 Å². The Morgan fingerprint density at radius 2 is 1.92 bits per heavy atom. The van der Waals surface area contributed by atoms with Crippen LogP contribution < -0.4 is 15.5 Å². The van der Waals surface area contributed by atoms with E-state index in [0.29, 0.717) is 12.1 Å². The monoisotopic (exact) mass is 345 g/mol. The molecule has 0 aliphatic carbocycles. The van der Waals surface area contributed by atoms with Crippen molar-refractivity contribution in [2.24, 2.45) is 4.99 Å². The van der Waals surface area contributed by atoms with Gasteiger partial charge in [-0.15, -0.1) is 0 Å². The molecule has 2 N–H and O–H groups in total. The van der Waals surface area contributed by atoms with Crippen LogP contribution in [0.2, 0.25) is 0 Å². The van der Waals surface area contributed by atoms with Crippen LogP contribution in [0.3, 0.4) is 0 Å². The molecule has 0 bridgehead atoms. The summed E-state index contributed by atoms with van der Waals surface area (Å²) in [5, 5.41) is 7.04. The predicted molar refractivity (Wildman–Crippen MR) is 109 cm³/mol. The first-order valence-electron chi connectivity index (χ1n) is 9.57. The topological polar surface area (TPSA) is 42.9 Å². The molecule has 1 fully saturated rings. The first-order chi connectivity index (χ1) is 12.1. The van der Waals surface area contributed by atoms with Gasteiger partial charge in [-0.2, -0.15) is 0 Å². The molecule has 1 heterocycles. The van der Waals surface area contributed by atoms with Gasteiger partial charge in [-0.3, -0.25) is 4.99 Å². The summed E-state index contributed by atoms with van der Waals surface area (Å²) in [6, 6.07) is 11.7. The minimum atomic E-state index is 0.535. The lowest BCUT2D eigenvalue weighted by Crippen LogP contribution is -2.50. The van der Waals surface area contributed by atoms with Crippen LogP contribution in [0.4, 0.5) is 5.69 Å². The Bertz CT molecular complexity index is 506. The fraction of sp³-hybridized carbons (Fsp3) is 0.650. The van der Waals surface area contributed by atoms with E-state index in [2.05, 4.69) is 76.7 Å². The van der Waals surface area contributed by atoms with Crippen LogP contribution in [-0.2, 0) is 0 Å². The molecule has 0 aromatic heterocycles. The number of benzene rings is 1. The zero-order chi connectivity index (χ0) is 18.1. The van der Waals surface area contributed by atoms with Gasteiger partial charge in [-0.25, -0.2) is 0 Å². The zero-order valence-electron chi connectivity index (χ0n) is 16.3. The molecule has 1 aliphatic heterocycles. The maximum absolute atomic E-state index is 4.38. The SMILES string of the molecule is CN=C(NCCCN(C)c1ccccc1)NC1CCN(C(C)C)CC1. The fourth-order valence-electron chi connectivity index (χ4n) is 3.28. The van der Waals surface area contributed by atoms with Gasteiger partial charge in [-0.1, -0.05) is 18.2 Å². The van der Waals surface area contributed by atoms with E-state index in [1.807, 2.05) is 7.05 Å². The van der Waals surface area contributed by atoms with E-state index in [9.17, 15) is 0 Å². The predicted octanol–water partition coefficient (Wildman–Crippen LogP) is 2.55. The lowest BCUT2D eigenvalue weighted by Gasteiger charge is -2.35. The molecule has 2 rings (SSSR count). The van der Waals surface area contributed by atoms with Crippen LogP contribution in [0, 0.1) is 0 Å². The van der Waals surface area contributed by atoms with Gasteiger partial charge in [0, 0.05) is 58.0 Å². The van der Waals surface area contributed by atoms with Gasteiger partial charge in [0.1, 0.15) is 0 Å². The molecular weight excluding hydrogens is 310 g/mol. The molecule has 0 radical (unpaired) electrons. The van der Waals surface area contributed by atoms with Crippen LogP contribution in [0.1, 0.15) is 33.1 Å². The van der Waals surface area contributed by atoms with Crippen LogP contribution in [-0.4, -0.2) is 63.2 Å². The largest absolute Gasteiger partial charge is 0.375 e. The Labute approximate surface area is 153 Å². The zero-order valence-corrected chi connectivity index (χ0v) is 16.3. The van der Waals surface area contributed by atoms with E-state index in [1.165, 1.54) is 31.6 Å². The highest BCUT2D eigenvalue weighted by atomic mass is 15.2. The third kappa shape index (κ3) is 6.58. The summed E-state index contributed by atoms with van der Waals surface area (Å²) in [5.41, 5.74) is 1.27. The van der Waals surface area contributed by atoms with Gasteiger partial charge in [-0.05, 0) is 45.2 Å². The van der Waals surface area contributed by atoms with Crippen molar-refractivity contribution in [3.63, 3.8) is 0 Å². The molecule has 0 spiro atoms. The van der Waals surface area contributed by atoms with Crippen LogP contribution >= 0.6 is 0 Å². The Morgan fingerprint density at radius 1 is 1.24 bits per heavy atom. The molecule has 1 aromatic carbocycles. The van der Waals surface area contributed by atoms with Gasteiger partial charge in [0.15, 0.2) is 5.96 Å². The molecule has 0 atom stereocenters. The van der Waals surface area contributed by atoms with Crippen LogP contribution in [0.25, 0.3) is 0 Å². The number of hydrogen-bond donors (Lipinski definition) is 2. The molecular formula is C20H35N5. The molecule has 1 aromatic rings. The van der Waals surface area contributed by atoms with Gasteiger partial charge in [0.05, 0.1) is 0 Å². The highest BCUT2D eigenvalue weighted by Gasteiger charge is 2.21. The molecule has 5 heteroatoms. The smallest absolute Gasteiger partial charge is 0.191 e.